The highest BCUT2D eigenvalue weighted by Gasteiger charge is 2.24. The van der Waals surface area contributed by atoms with Gasteiger partial charge in [-0.1, -0.05) is 30.7 Å². The molecular weight excluding hydrogens is 340 g/mol. The zero-order chi connectivity index (χ0) is 17.1. The lowest BCUT2D eigenvalue weighted by atomic mass is 9.89. The fraction of sp³-hybridized carbons (Fsp3) is 0.263. The highest BCUT2D eigenvalue weighted by Crippen LogP contribution is 2.39. The van der Waals surface area contributed by atoms with Crippen molar-refractivity contribution in [2.24, 2.45) is 5.92 Å². The van der Waals surface area contributed by atoms with Gasteiger partial charge < -0.3 is 5.32 Å². The Morgan fingerprint density at radius 1 is 1.50 bits per heavy atom. The standard InChI is InChI=1S/C19H17ClN2OS/c1-12-5-7-15-16(11-21)19(24-17(15)9-12)22-18(23)8-6-13-3-2-4-14(20)10-13/h2-4,6,8,10,12H,5,7,9H2,1H3,(H,22,23). The van der Waals surface area contributed by atoms with Gasteiger partial charge in [-0.2, -0.15) is 5.26 Å². The number of fused-ring (bicyclic) bond motifs is 1. The van der Waals surface area contributed by atoms with Crippen LogP contribution in [-0.2, 0) is 17.6 Å². The molecule has 3 nitrogen and oxygen atoms in total. The van der Waals surface area contributed by atoms with E-state index in [2.05, 4.69) is 18.3 Å². The molecule has 0 radical (unpaired) electrons. The van der Waals surface area contributed by atoms with Crippen molar-refractivity contribution in [3.8, 4) is 6.07 Å². The van der Waals surface area contributed by atoms with Crippen LogP contribution < -0.4 is 5.32 Å². The monoisotopic (exact) mass is 356 g/mol. The Kier molecular flexibility index (Phi) is 5.03. The average Bonchev–Trinajstić information content (AvgIpc) is 2.89. The Morgan fingerprint density at radius 3 is 3.08 bits per heavy atom. The van der Waals surface area contributed by atoms with E-state index >= 15 is 0 Å². The SMILES string of the molecule is CC1CCc2c(sc(NC(=O)C=Cc3cccc(Cl)c3)c2C#N)C1. The normalized spacial score (nSPS) is 16.6. The molecule has 5 heteroatoms. The van der Waals surface area contributed by atoms with E-state index in [4.69, 9.17) is 11.6 Å². The van der Waals surface area contributed by atoms with Crippen LogP contribution in [0.15, 0.2) is 30.3 Å². The molecule has 3 rings (SSSR count). The predicted octanol–water partition coefficient (Wildman–Crippen LogP) is 5.05. The minimum Gasteiger partial charge on any atom is -0.313 e. The first-order valence-corrected chi connectivity index (χ1v) is 9.05. The lowest BCUT2D eigenvalue weighted by Crippen LogP contribution is -2.10. The summed E-state index contributed by atoms with van der Waals surface area (Å²) < 4.78 is 0. The van der Waals surface area contributed by atoms with Crippen molar-refractivity contribution in [2.75, 3.05) is 5.32 Å². The van der Waals surface area contributed by atoms with Gasteiger partial charge in [-0.3, -0.25) is 4.79 Å². The average molecular weight is 357 g/mol. The molecule has 0 spiro atoms. The molecule has 1 unspecified atom stereocenters. The molecule has 0 fully saturated rings. The maximum absolute atomic E-state index is 12.2. The van der Waals surface area contributed by atoms with Gasteiger partial charge in [-0.15, -0.1) is 11.3 Å². The van der Waals surface area contributed by atoms with Gasteiger partial charge in [-0.25, -0.2) is 0 Å². The van der Waals surface area contributed by atoms with Crippen LogP contribution in [0.25, 0.3) is 6.08 Å². The van der Waals surface area contributed by atoms with Crippen LogP contribution in [0.3, 0.4) is 0 Å². The highest BCUT2D eigenvalue weighted by atomic mass is 35.5. The van der Waals surface area contributed by atoms with Crippen LogP contribution >= 0.6 is 22.9 Å². The van der Waals surface area contributed by atoms with E-state index < -0.39 is 0 Å². The van der Waals surface area contributed by atoms with Gasteiger partial charge in [0, 0.05) is 16.0 Å². The van der Waals surface area contributed by atoms with Crippen LogP contribution in [0.1, 0.15) is 34.9 Å². The third kappa shape index (κ3) is 3.69. The van der Waals surface area contributed by atoms with Gasteiger partial charge in [0.15, 0.2) is 0 Å². The van der Waals surface area contributed by atoms with Crippen molar-refractivity contribution < 1.29 is 4.79 Å². The summed E-state index contributed by atoms with van der Waals surface area (Å²) in [4.78, 5) is 13.4. The van der Waals surface area contributed by atoms with Crippen molar-refractivity contribution in [3.63, 3.8) is 0 Å². The molecule has 1 aromatic heterocycles. The number of nitriles is 1. The van der Waals surface area contributed by atoms with Crippen molar-refractivity contribution in [1.82, 2.24) is 0 Å². The van der Waals surface area contributed by atoms with Crippen LogP contribution in [0.5, 0.6) is 0 Å². The molecule has 0 aliphatic heterocycles. The molecular formula is C19H17ClN2OS. The molecule has 1 amide bonds. The van der Waals surface area contributed by atoms with E-state index in [1.165, 1.54) is 22.3 Å². The Bertz CT molecular complexity index is 848. The summed E-state index contributed by atoms with van der Waals surface area (Å²) in [6, 6.07) is 9.55. The van der Waals surface area contributed by atoms with Crippen LogP contribution in [0.2, 0.25) is 5.02 Å². The number of thiophene rings is 1. The molecule has 1 aromatic carbocycles. The summed E-state index contributed by atoms with van der Waals surface area (Å²) in [7, 11) is 0. The molecule has 2 aromatic rings. The molecule has 0 saturated carbocycles. The number of hydrogen-bond donors (Lipinski definition) is 1. The third-order valence-electron chi connectivity index (χ3n) is 4.14. The zero-order valence-electron chi connectivity index (χ0n) is 13.3. The second kappa shape index (κ2) is 7.21. The molecule has 24 heavy (non-hydrogen) atoms. The number of rotatable bonds is 3. The molecule has 122 valence electrons. The van der Waals surface area contributed by atoms with E-state index in [1.54, 1.807) is 18.2 Å². The summed E-state index contributed by atoms with van der Waals surface area (Å²) in [5, 5.41) is 13.6. The highest BCUT2D eigenvalue weighted by molar-refractivity contribution is 7.16. The first-order chi connectivity index (χ1) is 11.6. The van der Waals surface area contributed by atoms with Gasteiger partial charge in [0.1, 0.15) is 11.1 Å². The van der Waals surface area contributed by atoms with E-state index in [0.717, 1.165) is 30.4 Å². The van der Waals surface area contributed by atoms with Crippen molar-refractivity contribution in [2.45, 2.75) is 26.2 Å². The number of amides is 1. The lowest BCUT2D eigenvalue weighted by Gasteiger charge is -2.17. The number of carbonyl (C=O) groups is 1. The maximum atomic E-state index is 12.2. The number of halogens is 1. The van der Waals surface area contributed by atoms with Gasteiger partial charge >= 0.3 is 0 Å². The van der Waals surface area contributed by atoms with Crippen molar-refractivity contribution >= 4 is 39.9 Å². The van der Waals surface area contributed by atoms with Gasteiger partial charge in [-0.05, 0) is 54.5 Å². The summed E-state index contributed by atoms with van der Waals surface area (Å²) in [5.74, 6) is 0.395. The maximum Gasteiger partial charge on any atom is 0.249 e. The van der Waals surface area contributed by atoms with Crippen LogP contribution in [-0.4, -0.2) is 5.91 Å². The minimum atomic E-state index is -0.238. The predicted molar refractivity (Wildman–Crippen MR) is 99.3 cm³/mol. The molecule has 1 aliphatic carbocycles. The second-order valence-corrected chi connectivity index (χ2v) is 7.59. The summed E-state index contributed by atoms with van der Waals surface area (Å²) >= 11 is 7.46. The first kappa shape index (κ1) is 16.8. The number of anilines is 1. The Hall–Kier alpha value is -2.09. The fourth-order valence-electron chi connectivity index (χ4n) is 2.89. The fourth-order valence-corrected chi connectivity index (χ4v) is 4.46. The topological polar surface area (TPSA) is 52.9 Å². The Labute approximate surface area is 150 Å². The second-order valence-electron chi connectivity index (χ2n) is 6.05. The van der Waals surface area contributed by atoms with E-state index in [-0.39, 0.29) is 5.91 Å². The summed E-state index contributed by atoms with van der Waals surface area (Å²) in [6.07, 6.45) is 6.19. The van der Waals surface area contributed by atoms with E-state index in [1.807, 2.05) is 12.1 Å². The molecule has 0 bridgehead atoms. The molecule has 1 heterocycles. The van der Waals surface area contributed by atoms with Gasteiger partial charge in [0.2, 0.25) is 5.91 Å². The number of benzene rings is 1. The summed E-state index contributed by atoms with van der Waals surface area (Å²) in [5.41, 5.74) is 2.61. The molecule has 1 N–H and O–H groups in total. The third-order valence-corrected chi connectivity index (χ3v) is 5.54. The van der Waals surface area contributed by atoms with Crippen LogP contribution in [0.4, 0.5) is 5.00 Å². The minimum absolute atomic E-state index is 0.238. The molecule has 1 aliphatic rings. The smallest absolute Gasteiger partial charge is 0.249 e. The van der Waals surface area contributed by atoms with Crippen molar-refractivity contribution in [1.29, 1.82) is 5.26 Å². The lowest BCUT2D eigenvalue weighted by molar-refractivity contribution is -0.111. The number of nitrogens with one attached hydrogen (secondary N) is 1. The number of nitrogens with zero attached hydrogens (tertiary/aromatic N) is 1. The van der Waals surface area contributed by atoms with Gasteiger partial charge in [0.05, 0.1) is 5.56 Å². The molecule has 1 atom stereocenters. The first-order valence-electron chi connectivity index (χ1n) is 7.86. The zero-order valence-corrected chi connectivity index (χ0v) is 14.9. The van der Waals surface area contributed by atoms with Crippen LogP contribution in [0, 0.1) is 17.2 Å². The number of carbonyl (C=O) groups excluding carboxylic acids is 1. The van der Waals surface area contributed by atoms with E-state index in [0.29, 0.717) is 21.5 Å². The Morgan fingerprint density at radius 2 is 2.33 bits per heavy atom. The number of hydrogen-bond acceptors (Lipinski definition) is 3. The largest absolute Gasteiger partial charge is 0.313 e. The van der Waals surface area contributed by atoms with Gasteiger partial charge in [0.25, 0.3) is 0 Å². The molecule has 0 saturated heterocycles. The van der Waals surface area contributed by atoms with Crippen molar-refractivity contribution in [3.05, 3.63) is 56.9 Å². The summed E-state index contributed by atoms with van der Waals surface area (Å²) in [6.45, 7) is 2.22. The quantitative estimate of drug-likeness (QED) is 0.782. The Balaban J connectivity index is 1.76. The van der Waals surface area contributed by atoms with E-state index in [9.17, 15) is 10.1 Å².